The summed E-state index contributed by atoms with van der Waals surface area (Å²) in [4.78, 5) is 25.0. The third kappa shape index (κ3) is 4.70. The van der Waals surface area contributed by atoms with Gasteiger partial charge in [0.05, 0.1) is 23.3 Å². The Bertz CT molecular complexity index is 996. The van der Waals surface area contributed by atoms with Crippen molar-refractivity contribution in [2.45, 2.75) is 52.0 Å². The number of aryl methyl sites for hydroxylation is 2. The Balaban J connectivity index is 1.48. The SMILES string of the molecule is Cc1nc(C)c(CC(=O)N2CCCC[C@@H]2c2ncc(Cc3ccc(Cl)cc3)o2)s1. The zero-order valence-corrected chi connectivity index (χ0v) is 18.2. The van der Waals surface area contributed by atoms with E-state index in [-0.39, 0.29) is 11.9 Å². The van der Waals surface area contributed by atoms with Crippen molar-refractivity contribution in [3.05, 3.63) is 68.3 Å². The van der Waals surface area contributed by atoms with Gasteiger partial charge in [-0.15, -0.1) is 11.3 Å². The second-order valence-electron chi connectivity index (χ2n) is 7.49. The second-order valence-corrected chi connectivity index (χ2v) is 9.21. The van der Waals surface area contributed by atoms with E-state index in [9.17, 15) is 4.79 Å². The number of oxazole rings is 1. The quantitative estimate of drug-likeness (QED) is 0.553. The van der Waals surface area contributed by atoms with Crippen LogP contribution in [-0.2, 0) is 17.6 Å². The van der Waals surface area contributed by atoms with E-state index in [4.69, 9.17) is 16.0 Å². The molecule has 1 amide bonds. The first-order chi connectivity index (χ1) is 14.0. The molecule has 4 rings (SSSR count). The number of carbonyl (C=O) groups excluding carboxylic acids is 1. The molecule has 29 heavy (non-hydrogen) atoms. The fourth-order valence-corrected chi connectivity index (χ4v) is 4.88. The predicted octanol–water partition coefficient (Wildman–Crippen LogP) is 5.29. The minimum Gasteiger partial charge on any atom is -0.443 e. The molecule has 0 unspecified atom stereocenters. The van der Waals surface area contributed by atoms with Gasteiger partial charge in [0.15, 0.2) is 0 Å². The summed E-state index contributed by atoms with van der Waals surface area (Å²) >= 11 is 7.56. The van der Waals surface area contributed by atoms with Gasteiger partial charge in [0.1, 0.15) is 11.8 Å². The molecule has 5 nitrogen and oxygen atoms in total. The lowest BCUT2D eigenvalue weighted by Crippen LogP contribution is -2.39. The molecular weight excluding hydrogens is 406 g/mol. The van der Waals surface area contributed by atoms with Crippen LogP contribution in [0.5, 0.6) is 0 Å². The number of amides is 1. The first-order valence-electron chi connectivity index (χ1n) is 9.91. The smallest absolute Gasteiger partial charge is 0.228 e. The maximum atomic E-state index is 13.1. The molecule has 0 saturated carbocycles. The monoisotopic (exact) mass is 429 g/mol. The lowest BCUT2D eigenvalue weighted by atomic mass is 10.0. The molecule has 152 valence electrons. The van der Waals surface area contributed by atoms with Gasteiger partial charge in [-0.2, -0.15) is 0 Å². The fraction of sp³-hybridized carbons (Fsp3) is 0.409. The van der Waals surface area contributed by atoms with E-state index in [1.165, 1.54) is 0 Å². The average Bonchev–Trinajstić information content (AvgIpc) is 3.29. The summed E-state index contributed by atoms with van der Waals surface area (Å²) in [5.41, 5.74) is 2.07. The molecule has 2 aromatic heterocycles. The molecule has 3 heterocycles. The van der Waals surface area contributed by atoms with Gasteiger partial charge in [0, 0.05) is 22.9 Å². The molecule has 1 atom stereocenters. The molecule has 1 aliphatic heterocycles. The summed E-state index contributed by atoms with van der Waals surface area (Å²) in [7, 11) is 0. The predicted molar refractivity (Wildman–Crippen MR) is 114 cm³/mol. The average molecular weight is 430 g/mol. The Morgan fingerprint density at radius 3 is 2.79 bits per heavy atom. The van der Waals surface area contributed by atoms with E-state index < -0.39 is 0 Å². The number of likely N-dealkylation sites (tertiary alicyclic amines) is 1. The van der Waals surface area contributed by atoms with Crippen molar-refractivity contribution in [2.75, 3.05) is 6.54 Å². The van der Waals surface area contributed by atoms with Crippen molar-refractivity contribution >= 4 is 28.8 Å². The molecule has 1 aliphatic rings. The summed E-state index contributed by atoms with van der Waals surface area (Å²) in [5, 5.41) is 1.72. The van der Waals surface area contributed by atoms with E-state index in [1.54, 1.807) is 17.5 Å². The Morgan fingerprint density at radius 2 is 2.07 bits per heavy atom. The van der Waals surface area contributed by atoms with Crippen LogP contribution in [0.2, 0.25) is 5.02 Å². The van der Waals surface area contributed by atoms with Gasteiger partial charge in [0.25, 0.3) is 0 Å². The van der Waals surface area contributed by atoms with Crippen LogP contribution < -0.4 is 0 Å². The Kier molecular flexibility index (Phi) is 6.01. The summed E-state index contributed by atoms with van der Waals surface area (Å²) in [6, 6.07) is 7.63. The van der Waals surface area contributed by atoms with Crippen LogP contribution in [0.3, 0.4) is 0 Å². The van der Waals surface area contributed by atoms with Gasteiger partial charge in [-0.05, 0) is 50.8 Å². The molecule has 1 aromatic carbocycles. The van der Waals surface area contributed by atoms with Crippen LogP contribution in [0.1, 0.15) is 58.1 Å². The highest BCUT2D eigenvalue weighted by Crippen LogP contribution is 2.32. The normalized spacial score (nSPS) is 16.9. The molecule has 0 N–H and O–H groups in total. The van der Waals surface area contributed by atoms with E-state index in [0.717, 1.165) is 57.7 Å². The highest BCUT2D eigenvalue weighted by molar-refractivity contribution is 7.11. The molecule has 7 heteroatoms. The zero-order valence-electron chi connectivity index (χ0n) is 16.7. The molecule has 0 bridgehead atoms. The number of carbonyl (C=O) groups is 1. The standard InChI is InChI=1S/C22H24ClN3O2S/c1-14-20(29-15(2)25-14)12-21(27)26-10-4-3-5-19(26)22-24-13-18(28-22)11-16-6-8-17(23)9-7-16/h6-9,13,19H,3-5,10-12H2,1-2H3/t19-/m1/s1. The first kappa shape index (κ1) is 20.1. The van der Waals surface area contributed by atoms with Gasteiger partial charge in [-0.25, -0.2) is 9.97 Å². The minimum absolute atomic E-state index is 0.0930. The number of halogens is 1. The van der Waals surface area contributed by atoms with Crippen LogP contribution in [-0.4, -0.2) is 27.3 Å². The molecule has 1 saturated heterocycles. The van der Waals surface area contributed by atoms with Crippen LogP contribution in [0, 0.1) is 13.8 Å². The van der Waals surface area contributed by atoms with Crippen molar-refractivity contribution in [2.24, 2.45) is 0 Å². The van der Waals surface area contributed by atoms with Gasteiger partial charge in [0.2, 0.25) is 11.8 Å². The fourth-order valence-electron chi connectivity index (χ4n) is 3.83. The number of benzene rings is 1. The largest absolute Gasteiger partial charge is 0.443 e. The van der Waals surface area contributed by atoms with Crippen molar-refractivity contribution in [1.82, 2.24) is 14.9 Å². The topological polar surface area (TPSA) is 59.2 Å². The van der Waals surface area contributed by atoms with E-state index >= 15 is 0 Å². The van der Waals surface area contributed by atoms with Crippen LogP contribution in [0.4, 0.5) is 0 Å². The Labute approximate surface area is 179 Å². The molecule has 0 aliphatic carbocycles. The maximum Gasteiger partial charge on any atom is 0.228 e. The van der Waals surface area contributed by atoms with Crippen molar-refractivity contribution in [3.8, 4) is 0 Å². The summed E-state index contributed by atoms with van der Waals surface area (Å²) in [5.74, 6) is 1.56. The van der Waals surface area contributed by atoms with Crippen LogP contribution >= 0.6 is 22.9 Å². The molecule has 1 fully saturated rings. The second kappa shape index (κ2) is 8.67. The number of hydrogen-bond acceptors (Lipinski definition) is 5. The van der Waals surface area contributed by atoms with Gasteiger partial charge >= 0.3 is 0 Å². The van der Waals surface area contributed by atoms with Crippen LogP contribution in [0.25, 0.3) is 0 Å². The Morgan fingerprint density at radius 1 is 1.28 bits per heavy atom. The summed E-state index contributed by atoms with van der Waals surface area (Å²) in [6.45, 7) is 4.69. The number of piperidine rings is 1. The van der Waals surface area contributed by atoms with Gasteiger partial charge in [-0.1, -0.05) is 23.7 Å². The van der Waals surface area contributed by atoms with Crippen molar-refractivity contribution < 1.29 is 9.21 Å². The maximum absolute atomic E-state index is 13.1. The number of aromatic nitrogens is 2. The van der Waals surface area contributed by atoms with E-state index in [2.05, 4.69) is 9.97 Å². The third-order valence-corrected chi connectivity index (χ3v) is 6.61. The van der Waals surface area contributed by atoms with Gasteiger partial charge < -0.3 is 9.32 Å². The van der Waals surface area contributed by atoms with Crippen LogP contribution in [0.15, 0.2) is 34.9 Å². The number of thiazole rings is 1. The van der Waals surface area contributed by atoms with E-state index in [0.29, 0.717) is 18.7 Å². The zero-order chi connectivity index (χ0) is 20.4. The number of rotatable bonds is 5. The highest BCUT2D eigenvalue weighted by atomic mass is 35.5. The lowest BCUT2D eigenvalue weighted by molar-refractivity contribution is -0.134. The first-order valence-corrected chi connectivity index (χ1v) is 11.1. The summed E-state index contributed by atoms with van der Waals surface area (Å²) < 4.78 is 6.07. The molecular formula is C22H24ClN3O2S. The lowest BCUT2D eigenvalue weighted by Gasteiger charge is -2.33. The minimum atomic E-state index is -0.0930. The van der Waals surface area contributed by atoms with Gasteiger partial charge in [-0.3, -0.25) is 4.79 Å². The van der Waals surface area contributed by atoms with E-state index in [1.807, 2.05) is 43.0 Å². The van der Waals surface area contributed by atoms with Crippen molar-refractivity contribution in [1.29, 1.82) is 0 Å². The third-order valence-electron chi connectivity index (χ3n) is 5.28. The Hall–Kier alpha value is -2.18. The molecule has 0 radical (unpaired) electrons. The molecule has 0 spiro atoms. The number of hydrogen-bond donors (Lipinski definition) is 0. The van der Waals surface area contributed by atoms with Crippen molar-refractivity contribution in [3.63, 3.8) is 0 Å². The highest BCUT2D eigenvalue weighted by Gasteiger charge is 2.31. The number of nitrogens with zero attached hydrogens (tertiary/aromatic N) is 3. The molecule has 3 aromatic rings. The summed E-state index contributed by atoms with van der Waals surface area (Å²) in [6.07, 6.45) is 5.80.